The Bertz CT molecular complexity index is 1080. The molecule has 1 aliphatic rings. The number of urea groups is 1. The molecule has 2 N–H and O–H groups in total. The average molecular weight is 450 g/mol. The summed E-state index contributed by atoms with van der Waals surface area (Å²) in [5.41, 5.74) is 1.93. The first-order chi connectivity index (χ1) is 15.6. The monoisotopic (exact) mass is 449 g/mol. The lowest BCUT2D eigenvalue weighted by Gasteiger charge is -2.23. The fourth-order valence-electron chi connectivity index (χ4n) is 3.62. The van der Waals surface area contributed by atoms with Crippen molar-refractivity contribution in [1.82, 2.24) is 9.88 Å². The highest BCUT2D eigenvalue weighted by atomic mass is 35.5. The number of aromatic nitrogens is 1. The van der Waals surface area contributed by atoms with Crippen molar-refractivity contribution >= 4 is 40.7 Å². The van der Waals surface area contributed by atoms with Crippen molar-refractivity contribution in [1.29, 1.82) is 0 Å². The van der Waals surface area contributed by atoms with E-state index in [4.69, 9.17) is 11.6 Å². The van der Waals surface area contributed by atoms with Gasteiger partial charge in [0.05, 0.1) is 11.9 Å². The Morgan fingerprint density at radius 1 is 0.844 bits per heavy atom. The van der Waals surface area contributed by atoms with Gasteiger partial charge >= 0.3 is 6.03 Å². The number of pyridine rings is 1. The number of carbonyl (C=O) groups is 2. The highest BCUT2D eigenvalue weighted by Crippen LogP contribution is 2.19. The van der Waals surface area contributed by atoms with Crippen LogP contribution in [0.4, 0.5) is 22.0 Å². The number of para-hydroxylation sites is 1. The van der Waals surface area contributed by atoms with Crippen molar-refractivity contribution in [2.24, 2.45) is 0 Å². The summed E-state index contributed by atoms with van der Waals surface area (Å²) < 4.78 is 0. The first kappa shape index (κ1) is 21.6. The van der Waals surface area contributed by atoms with Crippen LogP contribution in [0.5, 0.6) is 0 Å². The molecular formula is C24H24ClN5O2. The summed E-state index contributed by atoms with van der Waals surface area (Å²) in [4.78, 5) is 33.5. The summed E-state index contributed by atoms with van der Waals surface area (Å²) >= 11 is 6.03. The molecule has 0 aliphatic carbocycles. The second-order valence-corrected chi connectivity index (χ2v) is 7.93. The molecule has 164 valence electrons. The number of halogens is 1. The van der Waals surface area contributed by atoms with Crippen LogP contribution >= 0.6 is 11.6 Å². The van der Waals surface area contributed by atoms with Gasteiger partial charge in [-0.25, -0.2) is 9.78 Å². The summed E-state index contributed by atoms with van der Waals surface area (Å²) in [6.07, 6.45) is 2.48. The van der Waals surface area contributed by atoms with E-state index in [1.54, 1.807) is 30.5 Å². The molecule has 2 heterocycles. The Morgan fingerprint density at radius 3 is 2.41 bits per heavy atom. The largest absolute Gasteiger partial charge is 0.355 e. The molecule has 1 aromatic heterocycles. The van der Waals surface area contributed by atoms with Crippen LogP contribution in [0.2, 0.25) is 5.02 Å². The summed E-state index contributed by atoms with van der Waals surface area (Å²) in [5, 5.41) is 6.12. The van der Waals surface area contributed by atoms with Gasteiger partial charge in [-0.15, -0.1) is 0 Å². The van der Waals surface area contributed by atoms with Gasteiger partial charge < -0.3 is 20.4 Å². The molecule has 1 fully saturated rings. The minimum Gasteiger partial charge on any atom is -0.355 e. The molecule has 0 spiro atoms. The van der Waals surface area contributed by atoms with Gasteiger partial charge in [0.2, 0.25) is 0 Å². The fourth-order valence-corrected chi connectivity index (χ4v) is 3.81. The third kappa shape index (κ3) is 5.56. The highest BCUT2D eigenvalue weighted by molar-refractivity contribution is 6.30. The topological polar surface area (TPSA) is 77.6 Å². The number of anilines is 3. The van der Waals surface area contributed by atoms with Crippen LogP contribution in [0.15, 0.2) is 72.9 Å². The molecule has 4 rings (SSSR count). The normalized spacial score (nSPS) is 13.9. The molecule has 0 saturated carbocycles. The van der Waals surface area contributed by atoms with Crippen molar-refractivity contribution in [3.8, 4) is 0 Å². The third-order valence-corrected chi connectivity index (χ3v) is 5.45. The van der Waals surface area contributed by atoms with Gasteiger partial charge in [0, 0.05) is 42.5 Å². The summed E-state index contributed by atoms with van der Waals surface area (Å²) in [7, 11) is 0. The molecule has 3 aromatic rings. The second kappa shape index (κ2) is 10.2. The van der Waals surface area contributed by atoms with E-state index in [-0.39, 0.29) is 11.9 Å². The molecule has 0 atom stereocenters. The molecule has 0 bridgehead atoms. The van der Waals surface area contributed by atoms with Crippen molar-refractivity contribution in [2.75, 3.05) is 41.7 Å². The van der Waals surface area contributed by atoms with Crippen molar-refractivity contribution in [3.05, 3.63) is 83.5 Å². The molecule has 0 unspecified atom stereocenters. The van der Waals surface area contributed by atoms with Gasteiger partial charge in [-0.1, -0.05) is 35.9 Å². The van der Waals surface area contributed by atoms with Crippen LogP contribution in [0.3, 0.4) is 0 Å². The molecule has 1 saturated heterocycles. The number of hydrogen-bond donors (Lipinski definition) is 2. The van der Waals surface area contributed by atoms with E-state index >= 15 is 0 Å². The minimum atomic E-state index is -0.323. The number of amides is 3. The Hall–Kier alpha value is -3.58. The predicted octanol–water partition coefficient (Wildman–Crippen LogP) is 4.73. The molecule has 3 amide bonds. The lowest BCUT2D eigenvalue weighted by atomic mass is 10.2. The average Bonchev–Trinajstić information content (AvgIpc) is 3.06. The maximum atomic E-state index is 12.8. The first-order valence-electron chi connectivity index (χ1n) is 10.5. The van der Waals surface area contributed by atoms with E-state index in [9.17, 15) is 9.59 Å². The van der Waals surface area contributed by atoms with Crippen molar-refractivity contribution in [3.63, 3.8) is 0 Å². The van der Waals surface area contributed by atoms with E-state index in [2.05, 4.69) is 20.5 Å². The Kier molecular flexibility index (Phi) is 6.87. The van der Waals surface area contributed by atoms with E-state index in [0.717, 1.165) is 24.5 Å². The van der Waals surface area contributed by atoms with Crippen molar-refractivity contribution in [2.45, 2.75) is 6.42 Å². The highest BCUT2D eigenvalue weighted by Gasteiger charge is 2.21. The quantitative estimate of drug-likeness (QED) is 0.603. The maximum absolute atomic E-state index is 12.8. The molecular weight excluding hydrogens is 426 g/mol. The van der Waals surface area contributed by atoms with Crippen molar-refractivity contribution < 1.29 is 9.59 Å². The minimum absolute atomic E-state index is 0.00807. The molecule has 8 heteroatoms. The van der Waals surface area contributed by atoms with Gasteiger partial charge in [-0.2, -0.15) is 0 Å². The van der Waals surface area contributed by atoms with Crippen LogP contribution in [0, 0.1) is 0 Å². The molecule has 1 aliphatic heterocycles. The zero-order valence-corrected chi connectivity index (χ0v) is 18.3. The summed E-state index contributed by atoms with van der Waals surface area (Å²) in [6.45, 7) is 2.77. The van der Waals surface area contributed by atoms with E-state index in [1.807, 2.05) is 47.4 Å². The Balaban J connectivity index is 1.33. The second-order valence-electron chi connectivity index (χ2n) is 7.49. The van der Waals surface area contributed by atoms with Crippen LogP contribution in [-0.2, 0) is 0 Å². The summed E-state index contributed by atoms with van der Waals surface area (Å²) in [6, 6.07) is 19.7. The molecule has 32 heavy (non-hydrogen) atoms. The standard InChI is InChI=1S/C24H24ClN5O2/c25-19-7-4-6-18(16-19)23(31)30-13-5-12-29(14-15-30)22-11-10-21(17-26-22)28-24(32)27-20-8-2-1-3-9-20/h1-4,6-11,16-17H,5,12-15H2,(H2,27,28,32). The van der Waals surface area contributed by atoms with Crippen LogP contribution in [0.25, 0.3) is 0 Å². The fraction of sp³-hybridized carbons (Fsp3) is 0.208. The number of nitrogens with zero attached hydrogens (tertiary/aromatic N) is 3. The number of hydrogen-bond acceptors (Lipinski definition) is 4. The van der Waals surface area contributed by atoms with E-state index in [0.29, 0.717) is 35.9 Å². The smallest absolute Gasteiger partial charge is 0.323 e. The number of carbonyl (C=O) groups excluding carboxylic acids is 2. The number of rotatable bonds is 4. The Labute approximate surface area is 192 Å². The SMILES string of the molecule is O=C(Nc1ccccc1)Nc1ccc(N2CCCN(C(=O)c3cccc(Cl)c3)CC2)nc1. The Morgan fingerprint density at radius 2 is 1.66 bits per heavy atom. The van der Waals surface area contributed by atoms with E-state index < -0.39 is 0 Å². The third-order valence-electron chi connectivity index (χ3n) is 5.22. The molecule has 7 nitrogen and oxygen atoms in total. The lowest BCUT2D eigenvalue weighted by molar-refractivity contribution is 0.0767. The number of benzene rings is 2. The van der Waals surface area contributed by atoms with Gasteiger partial charge in [0.25, 0.3) is 5.91 Å². The van der Waals surface area contributed by atoms with Gasteiger partial charge in [-0.3, -0.25) is 4.79 Å². The zero-order valence-electron chi connectivity index (χ0n) is 17.5. The van der Waals surface area contributed by atoms with Crippen LogP contribution in [-0.4, -0.2) is 48.0 Å². The predicted molar refractivity (Wildman–Crippen MR) is 128 cm³/mol. The number of nitrogens with one attached hydrogen (secondary N) is 2. The van der Waals surface area contributed by atoms with Gasteiger partial charge in [0.1, 0.15) is 5.82 Å². The summed E-state index contributed by atoms with van der Waals surface area (Å²) in [5.74, 6) is 0.808. The van der Waals surface area contributed by atoms with E-state index in [1.165, 1.54) is 0 Å². The molecule has 2 aromatic carbocycles. The first-order valence-corrected chi connectivity index (χ1v) is 10.9. The van der Waals surface area contributed by atoms with Gasteiger partial charge in [-0.05, 0) is 48.9 Å². The maximum Gasteiger partial charge on any atom is 0.323 e. The lowest BCUT2D eigenvalue weighted by Crippen LogP contribution is -2.35. The zero-order chi connectivity index (χ0) is 22.3. The van der Waals surface area contributed by atoms with Crippen LogP contribution < -0.4 is 15.5 Å². The van der Waals surface area contributed by atoms with Gasteiger partial charge in [0.15, 0.2) is 0 Å². The molecule has 0 radical (unpaired) electrons. The van der Waals surface area contributed by atoms with Crippen LogP contribution in [0.1, 0.15) is 16.8 Å².